The molecule has 2 aromatic rings. The van der Waals surface area contributed by atoms with Gasteiger partial charge in [-0.25, -0.2) is 9.48 Å². The molecular formula is C14H15N3O3. The van der Waals surface area contributed by atoms with E-state index in [9.17, 15) is 4.79 Å². The fourth-order valence-electron chi connectivity index (χ4n) is 2.40. The van der Waals surface area contributed by atoms with Gasteiger partial charge in [0.25, 0.3) is 0 Å². The van der Waals surface area contributed by atoms with Crippen LogP contribution in [0.15, 0.2) is 18.2 Å². The van der Waals surface area contributed by atoms with Crippen LogP contribution in [0.3, 0.4) is 0 Å². The first-order valence-electron chi connectivity index (χ1n) is 6.53. The minimum Gasteiger partial charge on any atom is -0.493 e. The summed E-state index contributed by atoms with van der Waals surface area (Å²) in [5, 5.41) is 16.5. The highest BCUT2D eigenvalue weighted by molar-refractivity contribution is 5.86. The maximum Gasteiger partial charge on any atom is 0.358 e. The number of hydrogen-bond acceptors (Lipinski definition) is 4. The SMILES string of the molecule is Cc1c(C(=O)O)nnn1CCc1ccc2c(c1)CCO2. The summed E-state index contributed by atoms with van der Waals surface area (Å²) in [5.74, 6) is -0.0673. The number of aromatic carboxylic acids is 1. The minimum atomic E-state index is -1.04. The number of carboxylic acid groups (broad SMARTS) is 1. The molecule has 1 N–H and O–H groups in total. The van der Waals surface area contributed by atoms with Crippen LogP contribution in [0.5, 0.6) is 5.75 Å². The van der Waals surface area contributed by atoms with Crippen LogP contribution >= 0.6 is 0 Å². The minimum absolute atomic E-state index is 0.0207. The molecule has 0 amide bonds. The Bertz CT molecular complexity index is 664. The molecule has 3 rings (SSSR count). The fourth-order valence-corrected chi connectivity index (χ4v) is 2.40. The number of hydrogen-bond donors (Lipinski definition) is 1. The van der Waals surface area contributed by atoms with E-state index < -0.39 is 5.97 Å². The van der Waals surface area contributed by atoms with Gasteiger partial charge < -0.3 is 9.84 Å². The van der Waals surface area contributed by atoms with E-state index in [1.807, 2.05) is 12.1 Å². The van der Waals surface area contributed by atoms with Gasteiger partial charge in [-0.15, -0.1) is 5.10 Å². The van der Waals surface area contributed by atoms with Crippen LogP contribution in [0.2, 0.25) is 0 Å². The average molecular weight is 273 g/mol. The molecule has 0 saturated heterocycles. The van der Waals surface area contributed by atoms with Gasteiger partial charge in [0, 0.05) is 13.0 Å². The monoisotopic (exact) mass is 273 g/mol. The number of fused-ring (bicyclic) bond motifs is 1. The average Bonchev–Trinajstić information content (AvgIpc) is 3.02. The molecule has 0 atom stereocenters. The summed E-state index contributed by atoms with van der Waals surface area (Å²) >= 11 is 0. The van der Waals surface area contributed by atoms with E-state index in [2.05, 4.69) is 16.4 Å². The quantitative estimate of drug-likeness (QED) is 0.912. The third-order valence-corrected chi connectivity index (χ3v) is 3.55. The zero-order valence-electron chi connectivity index (χ0n) is 11.2. The summed E-state index contributed by atoms with van der Waals surface area (Å²) in [4.78, 5) is 10.9. The van der Waals surface area contributed by atoms with E-state index in [-0.39, 0.29) is 5.69 Å². The summed E-state index contributed by atoms with van der Waals surface area (Å²) in [7, 11) is 0. The largest absolute Gasteiger partial charge is 0.493 e. The van der Waals surface area contributed by atoms with Crippen molar-refractivity contribution in [3.05, 3.63) is 40.7 Å². The number of aryl methyl sites for hydroxylation is 2. The van der Waals surface area contributed by atoms with E-state index in [0.717, 1.165) is 25.2 Å². The topological polar surface area (TPSA) is 77.2 Å². The van der Waals surface area contributed by atoms with Crippen LogP contribution in [0.4, 0.5) is 0 Å². The lowest BCUT2D eigenvalue weighted by molar-refractivity contribution is 0.0689. The van der Waals surface area contributed by atoms with Gasteiger partial charge >= 0.3 is 5.97 Å². The van der Waals surface area contributed by atoms with Crippen molar-refractivity contribution in [3.8, 4) is 5.75 Å². The van der Waals surface area contributed by atoms with Crippen molar-refractivity contribution in [1.29, 1.82) is 0 Å². The van der Waals surface area contributed by atoms with Crippen LogP contribution in [0.1, 0.15) is 27.3 Å². The number of aromatic nitrogens is 3. The second-order valence-corrected chi connectivity index (χ2v) is 4.84. The normalized spacial score (nSPS) is 13.1. The Hall–Kier alpha value is -2.37. The van der Waals surface area contributed by atoms with Crippen LogP contribution in [-0.4, -0.2) is 32.7 Å². The number of nitrogens with zero attached hydrogens (tertiary/aromatic N) is 3. The first-order valence-corrected chi connectivity index (χ1v) is 6.53. The van der Waals surface area contributed by atoms with E-state index in [4.69, 9.17) is 9.84 Å². The van der Waals surface area contributed by atoms with Crippen LogP contribution in [-0.2, 0) is 19.4 Å². The maximum absolute atomic E-state index is 10.9. The summed E-state index contributed by atoms with van der Waals surface area (Å²) < 4.78 is 7.10. The number of benzene rings is 1. The molecule has 6 heteroatoms. The molecule has 1 aromatic carbocycles. The molecule has 1 aliphatic rings. The highest BCUT2D eigenvalue weighted by Gasteiger charge is 2.15. The second kappa shape index (κ2) is 4.96. The predicted molar refractivity (Wildman–Crippen MR) is 71.1 cm³/mol. The van der Waals surface area contributed by atoms with Crippen molar-refractivity contribution < 1.29 is 14.6 Å². The van der Waals surface area contributed by atoms with Crippen molar-refractivity contribution in [2.24, 2.45) is 0 Å². The number of rotatable bonds is 4. The molecule has 2 heterocycles. The van der Waals surface area contributed by atoms with Gasteiger partial charge in [0.1, 0.15) is 5.75 Å². The van der Waals surface area contributed by atoms with Crippen LogP contribution in [0, 0.1) is 6.92 Å². The van der Waals surface area contributed by atoms with E-state index >= 15 is 0 Å². The molecule has 20 heavy (non-hydrogen) atoms. The lowest BCUT2D eigenvalue weighted by Gasteiger charge is -2.05. The predicted octanol–water partition coefficient (Wildman–Crippen LogP) is 1.46. The van der Waals surface area contributed by atoms with E-state index in [0.29, 0.717) is 12.2 Å². The third kappa shape index (κ3) is 2.24. The Kier molecular flexibility index (Phi) is 3.14. The van der Waals surface area contributed by atoms with Gasteiger partial charge in [0.05, 0.1) is 12.3 Å². The molecule has 0 radical (unpaired) electrons. The Morgan fingerprint density at radius 3 is 3.10 bits per heavy atom. The zero-order chi connectivity index (χ0) is 14.1. The van der Waals surface area contributed by atoms with Gasteiger partial charge in [-0.1, -0.05) is 17.3 Å². The Balaban J connectivity index is 1.72. The molecule has 0 bridgehead atoms. The van der Waals surface area contributed by atoms with Gasteiger partial charge in [0.15, 0.2) is 5.69 Å². The smallest absolute Gasteiger partial charge is 0.358 e. The Labute approximate surface area is 116 Å². The van der Waals surface area contributed by atoms with Crippen LogP contribution < -0.4 is 4.74 Å². The highest BCUT2D eigenvalue weighted by atomic mass is 16.5. The second-order valence-electron chi connectivity index (χ2n) is 4.84. The third-order valence-electron chi connectivity index (χ3n) is 3.55. The fraction of sp³-hybridized carbons (Fsp3) is 0.357. The molecule has 0 fully saturated rings. The zero-order valence-corrected chi connectivity index (χ0v) is 11.2. The molecule has 104 valence electrons. The first kappa shape index (κ1) is 12.7. The lowest BCUT2D eigenvalue weighted by Crippen LogP contribution is -2.07. The standard InChI is InChI=1S/C14H15N3O3/c1-9-13(14(18)19)15-16-17(9)6-4-10-2-3-12-11(8-10)5-7-20-12/h2-3,8H,4-7H2,1H3,(H,18,19). The molecular weight excluding hydrogens is 258 g/mol. The summed E-state index contributed by atoms with van der Waals surface area (Å²) in [6.45, 7) is 3.09. The molecule has 0 spiro atoms. The van der Waals surface area contributed by atoms with Crippen molar-refractivity contribution in [1.82, 2.24) is 15.0 Å². The lowest BCUT2D eigenvalue weighted by atomic mass is 10.1. The van der Waals surface area contributed by atoms with Crippen LogP contribution in [0.25, 0.3) is 0 Å². The summed E-state index contributed by atoms with van der Waals surface area (Å²) in [6.07, 6.45) is 1.74. The number of carbonyl (C=O) groups is 1. The van der Waals surface area contributed by atoms with Gasteiger partial charge in [0.2, 0.25) is 0 Å². The molecule has 1 aliphatic heterocycles. The molecule has 0 unspecified atom stereocenters. The summed E-state index contributed by atoms with van der Waals surface area (Å²) in [6, 6.07) is 6.18. The van der Waals surface area contributed by atoms with E-state index in [1.165, 1.54) is 11.1 Å². The Morgan fingerprint density at radius 2 is 2.35 bits per heavy atom. The van der Waals surface area contributed by atoms with Crippen molar-refractivity contribution in [2.45, 2.75) is 26.3 Å². The molecule has 0 saturated carbocycles. The summed E-state index contributed by atoms with van der Waals surface area (Å²) in [5.41, 5.74) is 3.04. The van der Waals surface area contributed by atoms with Crippen molar-refractivity contribution in [3.63, 3.8) is 0 Å². The highest BCUT2D eigenvalue weighted by Crippen LogP contribution is 2.26. The number of carboxylic acids is 1. The molecule has 0 aliphatic carbocycles. The number of ether oxygens (including phenoxy) is 1. The van der Waals surface area contributed by atoms with E-state index in [1.54, 1.807) is 11.6 Å². The van der Waals surface area contributed by atoms with Gasteiger partial charge in [-0.3, -0.25) is 0 Å². The first-order chi connectivity index (χ1) is 9.65. The maximum atomic E-state index is 10.9. The van der Waals surface area contributed by atoms with Crippen molar-refractivity contribution >= 4 is 5.97 Å². The van der Waals surface area contributed by atoms with Gasteiger partial charge in [-0.05, 0) is 30.5 Å². The Morgan fingerprint density at radius 1 is 1.50 bits per heavy atom. The molecule has 6 nitrogen and oxygen atoms in total. The molecule has 1 aromatic heterocycles. The van der Waals surface area contributed by atoms with Gasteiger partial charge in [-0.2, -0.15) is 0 Å². The van der Waals surface area contributed by atoms with Crippen molar-refractivity contribution in [2.75, 3.05) is 6.61 Å².